The van der Waals surface area contributed by atoms with Crippen LogP contribution in [0.2, 0.25) is 5.02 Å². The third-order valence-electron chi connectivity index (χ3n) is 7.82. The first kappa shape index (κ1) is 32.2. The van der Waals surface area contributed by atoms with Crippen molar-refractivity contribution >= 4 is 61.9 Å². The molecule has 0 aliphatic carbocycles. The molecule has 3 aromatic carbocycles. The predicted octanol–water partition coefficient (Wildman–Crippen LogP) is 5.40. The van der Waals surface area contributed by atoms with Crippen molar-refractivity contribution < 1.29 is 18.8 Å². The molecule has 9 nitrogen and oxygen atoms in total. The fraction of sp³-hybridized carbons (Fsp3) is 0.294. The molecule has 2 aliphatic rings. The normalized spacial score (nSPS) is 14.7. The van der Waals surface area contributed by atoms with Crippen molar-refractivity contribution in [3.63, 3.8) is 0 Å². The minimum absolute atomic E-state index is 0.134. The Morgan fingerprint density at radius 2 is 1.67 bits per heavy atom. The molecule has 2 aliphatic heterocycles. The Labute approximate surface area is 274 Å². The van der Waals surface area contributed by atoms with E-state index in [9.17, 15) is 19.2 Å². The van der Waals surface area contributed by atoms with Crippen LogP contribution in [0.3, 0.4) is 0 Å². The first-order chi connectivity index (χ1) is 21.7. The molecule has 234 valence electrons. The van der Waals surface area contributed by atoms with Crippen molar-refractivity contribution in [3.05, 3.63) is 109 Å². The van der Waals surface area contributed by atoms with Crippen LogP contribution in [0, 0.1) is 6.92 Å². The molecular formula is C34H34BrClN4O5. The van der Waals surface area contributed by atoms with E-state index < -0.39 is 5.91 Å². The molecule has 0 radical (unpaired) electrons. The number of nitrogens with one attached hydrogen (secondary N) is 1. The average molecular weight is 694 g/mol. The molecule has 45 heavy (non-hydrogen) atoms. The Morgan fingerprint density at radius 3 is 2.36 bits per heavy atom. The van der Waals surface area contributed by atoms with Gasteiger partial charge in [0, 0.05) is 66.9 Å². The Kier molecular flexibility index (Phi) is 10.6. The fourth-order valence-corrected chi connectivity index (χ4v) is 5.84. The van der Waals surface area contributed by atoms with E-state index in [1.807, 2.05) is 48.2 Å². The van der Waals surface area contributed by atoms with Crippen LogP contribution in [0.5, 0.6) is 0 Å². The molecule has 4 aromatic rings. The highest BCUT2D eigenvalue weighted by atomic mass is 79.9. The lowest BCUT2D eigenvalue weighted by molar-refractivity contribution is -0.130. The molecule has 2 fully saturated rings. The van der Waals surface area contributed by atoms with E-state index in [0.717, 1.165) is 39.8 Å². The summed E-state index contributed by atoms with van der Waals surface area (Å²) in [4.78, 5) is 55.7. The number of rotatable bonds is 6. The summed E-state index contributed by atoms with van der Waals surface area (Å²) in [6, 6.07) is 21.9. The molecule has 0 bridgehead atoms. The van der Waals surface area contributed by atoms with Gasteiger partial charge in [0.05, 0.1) is 11.9 Å². The first-order valence-electron chi connectivity index (χ1n) is 14.8. The van der Waals surface area contributed by atoms with Gasteiger partial charge in [-0.25, -0.2) is 0 Å². The summed E-state index contributed by atoms with van der Waals surface area (Å²) in [5, 5.41) is 3.74. The molecule has 1 aromatic heterocycles. The number of carbonyl (C=O) groups excluding carboxylic acids is 3. The monoisotopic (exact) mass is 692 g/mol. The number of anilines is 1. The van der Waals surface area contributed by atoms with Gasteiger partial charge in [0.15, 0.2) is 11.2 Å². The maximum Gasteiger partial charge on any atom is 0.287 e. The van der Waals surface area contributed by atoms with Gasteiger partial charge in [-0.2, -0.15) is 0 Å². The summed E-state index contributed by atoms with van der Waals surface area (Å²) in [7, 11) is 0. The lowest BCUT2D eigenvalue weighted by Crippen LogP contribution is -2.51. The van der Waals surface area contributed by atoms with E-state index >= 15 is 0 Å². The van der Waals surface area contributed by atoms with Crippen molar-refractivity contribution in [2.45, 2.75) is 26.3 Å². The largest absolute Gasteiger partial charge is 0.451 e. The van der Waals surface area contributed by atoms with E-state index in [1.54, 1.807) is 23.1 Å². The number of aryl methyl sites for hydroxylation is 1. The number of piperazine rings is 1. The summed E-state index contributed by atoms with van der Waals surface area (Å²) >= 11 is 8.93. The number of carbonyl (C=O) groups is 3. The second-order valence-corrected chi connectivity index (χ2v) is 12.4. The third kappa shape index (κ3) is 8.32. The molecule has 11 heteroatoms. The summed E-state index contributed by atoms with van der Waals surface area (Å²) in [6.45, 7) is 5.59. The fourth-order valence-electron chi connectivity index (χ4n) is 5.36. The highest BCUT2D eigenvalue weighted by molar-refractivity contribution is 9.10. The lowest BCUT2D eigenvalue weighted by Gasteiger charge is -2.37. The highest BCUT2D eigenvalue weighted by Crippen LogP contribution is 2.25. The Balaban J connectivity index is 0.000000436. The summed E-state index contributed by atoms with van der Waals surface area (Å²) < 4.78 is 6.31. The zero-order valence-corrected chi connectivity index (χ0v) is 27.3. The number of benzene rings is 3. The van der Waals surface area contributed by atoms with E-state index in [-0.39, 0.29) is 29.5 Å². The van der Waals surface area contributed by atoms with Gasteiger partial charge in [0.1, 0.15) is 5.58 Å². The molecule has 0 saturated carbocycles. The summed E-state index contributed by atoms with van der Waals surface area (Å²) in [6.07, 6.45) is 1.52. The van der Waals surface area contributed by atoms with Crippen LogP contribution in [0.4, 0.5) is 5.69 Å². The van der Waals surface area contributed by atoms with E-state index in [1.165, 1.54) is 5.56 Å². The second kappa shape index (κ2) is 14.8. The first-order valence-corrected chi connectivity index (χ1v) is 16.0. The maximum absolute atomic E-state index is 12.8. The van der Waals surface area contributed by atoms with Crippen LogP contribution >= 0.6 is 27.5 Å². The number of para-hydroxylation sites is 1. The van der Waals surface area contributed by atoms with Crippen molar-refractivity contribution in [3.8, 4) is 0 Å². The molecule has 3 heterocycles. The van der Waals surface area contributed by atoms with Crippen LogP contribution in [-0.4, -0.2) is 66.8 Å². The van der Waals surface area contributed by atoms with Crippen molar-refractivity contribution in [1.82, 2.24) is 15.1 Å². The Hall–Kier alpha value is -4.15. The third-order valence-corrected chi connectivity index (χ3v) is 8.57. The number of hydrogen-bond acceptors (Lipinski definition) is 6. The average Bonchev–Trinajstić information content (AvgIpc) is 3.45. The number of likely N-dealkylation sites (tertiary alicyclic amines) is 1. The minimum Gasteiger partial charge on any atom is -0.451 e. The number of halogens is 2. The van der Waals surface area contributed by atoms with Gasteiger partial charge in [-0.3, -0.25) is 19.2 Å². The molecule has 6 rings (SSSR count). The van der Waals surface area contributed by atoms with Gasteiger partial charge < -0.3 is 24.4 Å². The zero-order chi connectivity index (χ0) is 31.9. The van der Waals surface area contributed by atoms with Gasteiger partial charge in [-0.05, 0) is 55.3 Å². The van der Waals surface area contributed by atoms with Crippen LogP contribution in [0.25, 0.3) is 11.0 Å². The molecular weight excluding hydrogens is 660 g/mol. The van der Waals surface area contributed by atoms with Crippen LogP contribution < -0.4 is 15.6 Å². The highest BCUT2D eigenvalue weighted by Gasteiger charge is 2.25. The van der Waals surface area contributed by atoms with Crippen LogP contribution in [0.15, 0.2) is 86.5 Å². The molecule has 0 atom stereocenters. The Bertz CT molecular complexity index is 1730. The number of fused-ring (bicyclic) bond motifs is 1. The van der Waals surface area contributed by atoms with Gasteiger partial charge in [0.25, 0.3) is 5.91 Å². The smallest absolute Gasteiger partial charge is 0.287 e. The van der Waals surface area contributed by atoms with Crippen molar-refractivity contribution in [1.29, 1.82) is 0 Å². The molecule has 0 unspecified atom stereocenters. The topological polar surface area (TPSA) is 103 Å². The number of amides is 3. The lowest BCUT2D eigenvalue weighted by atomic mass is 10.1. The van der Waals surface area contributed by atoms with E-state index in [0.29, 0.717) is 50.1 Å². The molecule has 2 saturated heterocycles. The number of nitrogens with zero attached hydrogens (tertiary/aromatic N) is 3. The Morgan fingerprint density at radius 1 is 0.933 bits per heavy atom. The quantitative estimate of drug-likeness (QED) is 0.290. The molecule has 1 N–H and O–H groups in total. The SMILES string of the molecule is Cc1ccc(Cl)cc1.O=C(NCC(=O)N1CCN(c2ccccc2CN2CCCC2=O)CC1)c1cc(=O)c2cc(Br)ccc2o1. The standard InChI is InChI=1S/C27H27BrN4O5.C7H7Cl/c28-19-7-8-23-20(14-19)22(33)15-24(37-23)27(36)29-16-26(35)31-12-10-30(11-13-31)21-5-2-1-4-18(21)17-32-9-3-6-25(32)34;1-6-2-4-7(8)5-3-6/h1-2,4-5,7-8,14-15H,3,6,9-13,16-17H2,(H,29,36);2-5H,1H3. The summed E-state index contributed by atoms with van der Waals surface area (Å²) in [5.41, 5.74) is 3.41. The zero-order valence-electron chi connectivity index (χ0n) is 24.9. The number of hydrogen-bond donors (Lipinski definition) is 1. The second-order valence-electron chi connectivity index (χ2n) is 11.0. The van der Waals surface area contributed by atoms with E-state index in [4.69, 9.17) is 16.0 Å². The maximum atomic E-state index is 12.8. The molecule has 3 amide bonds. The molecule has 0 spiro atoms. The van der Waals surface area contributed by atoms with Gasteiger partial charge in [-0.1, -0.05) is 63.4 Å². The van der Waals surface area contributed by atoms with Gasteiger partial charge in [0.2, 0.25) is 11.8 Å². The van der Waals surface area contributed by atoms with Gasteiger partial charge >= 0.3 is 0 Å². The predicted molar refractivity (Wildman–Crippen MR) is 179 cm³/mol. The van der Waals surface area contributed by atoms with Gasteiger partial charge in [-0.15, -0.1) is 0 Å². The van der Waals surface area contributed by atoms with Crippen LogP contribution in [-0.2, 0) is 16.1 Å². The minimum atomic E-state index is -0.612. The summed E-state index contributed by atoms with van der Waals surface area (Å²) in [5.74, 6) is -0.746. The van der Waals surface area contributed by atoms with Crippen molar-refractivity contribution in [2.24, 2.45) is 0 Å². The van der Waals surface area contributed by atoms with Crippen molar-refractivity contribution in [2.75, 3.05) is 44.2 Å². The van der Waals surface area contributed by atoms with Crippen LogP contribution in [0.1, 0.15) is 34.5 Å². The van der Waals surface area contributed by atoms with E-state index in [2.05, 4.69) is 38.3 Å².